The van der Waals surface area contributed by atoms with Gasteiger partial charge in [-0.05, 0) is 23.6 Å². The molecular formula is C10H24NO2PS. The lowest BCUT2D eigenvalue weighted by atomic mass is 10.2. The van der Waals surface area contributed by atoms with Gasteiger partial charge in [-0.2, -0.15) is 0 Å². The first-order valence-electron chi connectivity index (χ1n) is 5.54. The van der Waals surface area contributed by atoms with Crippen molar-refractivity contribution in [2.24, 2.45) is 11.8 Å². The standard InChI is InChI=1S/C10H24NO2PS/c1-6-11-14(15,12-7-9(2)3)13-8-10(4)5/h9-10H,6-8H2,1-5H3,(H,11,15). The zero-order valence-electron chi connectivity index (χ0n) is 10.4. The van der Waals surface area contributed by atoms with E-state index in [9.17, 15) is 0 Å². The van der Waals surface area contributed by atoms with Gasteiger partial charge in [0.1, 0.15) is 0 Å². The summed E-state index contributed by atoms with van der Waals surface area (Å²) in [5.41, 5.74) is 0. The molecule has 0 saturated carbocycles. The summed E-state index contributed by atoms with van der Waals surface area (Å²) in [6.45, 7) is 10.3. The second-order valence-corrected chi connectivity index (χ2v) is 7.66. The summed E-state index contributed by atoms with van der Waals surface area (Å²) >= 11 is 5.39. The number of nitrogens with one attached hydrogen (secondary N) is 1. The van der Waals surface area contributed by atoms with Gasteiger partial charge in [-0.25, -0.2) is 5.09 Å². The van der Waals surface area contributed by atoms with E-state index in [1.54, 1.807) is 0 Å². The van der Waals surface area contributed by atoms with Crippen LogP contribution in [0.15, 0.2) is 0 Å². The molecule has 15 heavy (non-hydrogen) atoms. The maximum absolute atomic E-state index is 5.67. The zero-order valence-corrected chi connectivity index (χ0v) is 12.2. The fourth-order valence-corrected chi connectivity index (χ4v) is 3.20. The molecule has 0 saturated heterocycles. The molecule has 92 valence electrons. The molecule has 0 aromatic heterocycles. The Hall–Kier alpha value is 0.530. The first kappa shape index (κ1) is 15.5. The van der Waals surface area contributed by atoms with E-state index in [2.05, 4.69) is 32.8 Å². The Labute approximate surface area is 99.2 Å². The summed E-state index contributed by atoms with van der Waals surface area (Å²) in [4.78, 5) is 0. The number of rotatable bonds is 8. The highest BCUT2D eigenvalue weighted by Gasteiger charge is 2.18. The van der Waals surface area contributed by atoms with Gasteiger partial charge in [-0.1, -0.05) is 34.6 Å². The van der Waals surface area contributed by atoms with Crippen LogP contribution in [0.5, 0.6) is 0 Å². The van der Waals surface area contributed by atoms with Crippen molar-refractivity contribution in [3.05, 3.63) is 0 Å². The molecule has 0 aromatic carbocycles. The topological polar surface area (TPSA) is 30.5 Å². The van der Waals surface area contributed by atoms with Gasteiger partial charge in [-0.15, -0.1) is 0 Å². The van der Waals surface area contributed by atoms with Crippen LogP contribution < -0.4 is 5.09 Å². The van der Waals surface area contributed by atoms with Crippen LogP contribution >= 0.6 is 6.64 Å². The molecule has 0 bridgehead atoms. The van der Waals surface area contributed by atoms with Crippen LogP contribution in [0.3, 0.4) is 0 Å². The summed E-state index contributed by atoms with van der Waals surface area (Å²) in [5, 5.41) is 3.15. The Balaban J connectivity index is 4.12. The van der Waals surface area contributed by atoms with Crippen molar-refractivity contribution in [3.63, 3.8) is 0 Å². The van der Waals surface area contributed by atoms with E-state index in [1.165, 1.54) is 0 Å². The van der Waals surface area contributed by atoms with Crippen LogP contribution in [0.2, 0.25) is 0 Å². The van der Waals surface area contributed by atoms with Crippen molar-refractivity contribution in [2.45, 2.75) is 34.6 Å². The minimum Gasteiger partial charge on any atom is -0.318 e. The van der Waals surface area contributed by atoms with Crippen LogP contribution in [-0.2, 0) is 20.9 Å². The SMILES string of the molecule is CCNP(=S)(OCC(C)C)OCC(C)C. The third-order valence-electron chi connectivity index (χ3n) is 1.51. The van der Waals surface area contributed by atoms with E-state index >= 15 is 0 Å². The van der Waals surface area contributed by atoms with Crippen molar-refractivity contribution in [2.75, 3.05) is 19.8 Å². The smallest absolute Gasteiger partial charge is 0.261 e. The third-order valence-corrected chi connectivity index (χ3v) is 4.21. The lowest BCUT2D eigenvalue weighted by Crippen LogP contribution is -2.17. The quantitative estimate of drug-likeness (QED) is 0.673. The molecule has 5 heteroatoms. The highest BCUT2D eigenvalue weighted by atomic mass is 32.5. The number of hydrogen-bond donors (Lipinski definition) is 1. The van der Waals surface area contributed by atoms with Crippen molar-refractivity contribution in [1.82, 2.24) is 5.09 Å². The zero-order chi connectivity index (χ0) is 11.9. The summed E-state index contributed by atoms with van der Waals surface area (Å²) in [5.74, 6) is 0.960. The monoisotopic (exact) mass is 253 g/mol. The van der Waals surface area contributed by atoms with Gasteiger partial charge >= 0.3 is 0 Å². The van der Waals surface area contributed by atoms with Crippen LogP contribution in [0.4, 0.5) is 0 Å². The number of hydrogen-bond acceptors (Lipinski definition) is 3. The van der Waals surface area contributed by atoms with Gasteiger partial charge in [0.2, 0.25) is 0 Å². The predicted octanol–water partition coefficient (Wildman–Crippen LogP) is 3.17. The maximum atomic E-state index is 5.67. The molecule has 0 spiro atoms. The summed E-state index contributed by atoms with van der Waals surface area (Å²) in [6, 6.07) is 0. The minimum atomic E-state index is -2.24. The summed E-state index contributed by atoms with van der Waals surface area (Å²) in [6.07, 6.45) is 0. The van der Waals surface area contributed by atoms with E-state index < -0.39 is 6.64 Å². The van der Waals surface area contributed by atoms with Crippen molar-refractivity contribution in [3.8, 4) is 0 Å². The van der Waals surface area contributed by atoms with Crippen molar-refractivity contribution in [1.29, 1.82) is 0 Å². The summed E-state index contributed by atoms with van der Waals surface area (Å²) < 4.78 is 11.3. The minimum absolute atomic E-state index is 0.480. The molecule has 0 aliphatic rings. The predicted molar refractivity (Wildman–Crippen MR) is 69.5 cm³/mol. The molecule has 0 rings (SSSR count). The van der Waals surface area contributed by atoms with E-state index in [4.69, 9.17) is 20.9 Å². The second kappa shape index (κ2) is 7.75. The molecule has 0 radical (unpaired) electrons. The van der Waals surface area contributed by atoms with Gasteiger partial charge in [0.15, 0.2) is 0 Å². The first-order valence-corrected chi connectivity index (χ1v) is 8.17. The Morgan fingerprint density at radius 3 is 1.73 bits per heavy atom. The molecule has 0 fully saturated rings. The third kappa shape index (κ3) is 8.35. The van der Waals surface area contributed by atoms with Crippen LogP contribution in [0.1, 0.15) is 34.6 Å². The fourth-order valence-electron chi connectivity index (χ4n) is 0.817. The Morgan fingerprint density at radius 1 is 1.07 bits per heavy atom. The fraction of sp³-hybridized carbons (Fsp3) is 1.00. The molecular weight excluding hydrogens is 229 g/mol. The van der Waals surface area contributed by atoms with Gasteiger partial charge in [0, 0.05) is 6.54 Å². The Kier molecular flexibility index (Phi) is 8.02. The first-order chi connectivity index (χ1) is 6.89. The highest BCUT2D eigenvalue weighted by Crippen LogP contribution is 2.44. The van der Waals surface area contributed by atoms with Crippen LogP contribution in [-0.4, -0.2) is 19.8 Å². The molecule has 0 amide bonds. The average Bonchev–Trinajstić information content (AvgIpc) is 2.13. The molecule has 0 atom stereocenters. The van der Waals surface area contributed by atoms with Gasteiger partial charge in [0.25, 0.3) is 6.64 Å². The van der Waals surface area contributed by atoms with E-state index in [1.807, 2.05) is 6.92 Å². The maximum Gasteiger partial charge on any atom is 0.261 e. The van der Waals surface area contributed by atoms with Gasteiger partial charge in [-0.3, -0.25) is 0 Å². The molecule has 0 unspecified atom stereocenters. The lowest BCUT2D eigenvalue weighted by Gasteiger charge is -2.24. The molecule has 3 nitrogen and oxygen atoms in total. The largest absolute Gasteiger partial charge is 0.318 e. The average molecular weight is 253 g/mol. The van der Waals surface area contributed by atoms with E-state index in [-0.39, 0.29) is 0 Å². The van der Waals surface area contributed by atoms with Crippen molar-refractivity contribution < 1.29 is 9.05 Å². The normalized spacial score (nSPS) is 12.7. The Bertz CT molecular complexity index is 194. The molecule has 0 aliphatic carbocycles. The molecule has 0 heterocycles. The van der Waals surface area contributed by atoms with E-state index in [0.717, 1.165) is 6.54 Å². The molecule has 1 N–H and O–H groups in total. The lowest BCUT2D eigenvalue weighted by molar-refractivity contribution is 0.202. The second-order valence-electron chi connectivity index (χ2n) is 4.39. The molecule has 0 aromatic rings. The Morgan fingerprint density at radius 2 is 1.47 bits per heavy atom. The van der Waals surface area contributed by atoms with E-state index in [0.29, 0.717) is 25.0 Å². The molecule has 0 aliphatic heterocycles. The summed E-state index contributed by atoms with van der Waals surface area (Å²) in [7, 11) is 0. The highest BCUT2D eigenvalue weighted by molar-refractivity contribution is 8.08. The van der Waals surface area contributed by atoms with Crippen LogP contribution in [0.25, 0.3) is 0 Å². The van der Waals surface area contributed by atoms with Gasteiger partial charge < -0.3 is 9.05 Å². The van der Waals surface area contributed by atoms with Gasteiger partial charge in [0.05, 0.1) is 13.2 Å². The van der Waals surface area contributed by atoms with Crippen LogP contribution in [0, 0.1) is 11.8 Å². The van der Waals surface area contributed by atoms with Crippen molar-refractivity contribution >= 4 is 18.4 Å².